The van der Waals surface area contributed by atoms with E-state index in [2.05, 4.69) is 10.5 Å². The molecule has 0 fully saturated rings. The van der Waals surface area contributed by atoms with Gasteiger partial charge in [0.05, 0.1) is 18.4 Å². The summed E-state index contributed by atoms with van der Waals surface area (Å²) in [5.41, 5.74) is 4.41. The van der Waals surface area contributed by atoms with Crippen LogP contribution in [0.5, 0.6) is 5.75 Å². The SMILES string of the molecule is CN(CCO)c1ccc(/C=N/NC(=O)c2cc3ccccc3cc2O)cc1. The number of aliphatic hydroxyl groups is 1. The Bertz CT molecular complexity index is 968. The highest BCUT2D eigenvalue weighted by atomic mass is 16.3. The third-order valence-electron chi connectivity index (χ3n) is 4.26. The van der Waals surface area contributed by atoms with Gasteiger partial charge in [-0.2, -0.15) is 5.10 Å². The molecule has 3 aromatic rings. The molecule has 0 bridgehead atoms. The molecule has 3 N–H and O–H groups in total. The predicted molar refractivity (Wildman–Crippen MR) is 107 cm³/mol. The molecule has 0 spiro atoms. The summed E-state index contributed by atoms with van der Waals surface area (Å²) in [6.45, 7) is 0.645. The molecule has 27 heavy (non-hydrogen) atoms. The fourth-order valence-electron chi connectivity index (χ4n) is 2.73. The molecule has 0 aliphatic heterocycles. The van der Waals surface area contributed by atoms with E-state index in [0.717, 1.165) is 22.0 Å². The van der Waals surface area contributed by atoms with E-state index in [1.54, 1.807) is 12.1 Å². The average molecular weight is 363 g/mol. The zero-order valence-corrected chi connectivity index (χ0v) is 15.0. The highest BCUT2D eigenvalue weighted by Gasteiger charge is 2.11. The minimum absolute atomic E-state index is 0.0855. The van der Waals surface area contributed by atoms with Crippen LogP contribution in [0.15, 0.2) is 65.8 Å². The molecule has 6 heteroatoms. The van der Waals surface area contributed by atoms with Crippen LogP contribution in [0.25, 0.3) is 10.8 Å². The molecular weight excluding hydrogens is 342 g/mol. The molecule has 3 rings (SSSR count). The fourth-order valence-corrected chi connectivity index (χ4v) is 2.73. The minimum Gasteiger partial charge on any atom is -0.507 e. The second-order valence-corrected chi connectivity index (χ2v) is 6.15. The minimum atomic E-state index is -0.478. The van der Waals surface area contributed by atoms with Gasteiger partial charge in [-0.15, -0.1) is 0 Å². The zero-order chi connectivity index (χ0) is 19.2. The Labute approximate surface area is 157 Å². The van der Waals surface area contributed by atoms with Crippen molar-refractivity contribution in [3.63, 3.8) is 0 Å². The monoisotopic (exact) mass is 363 g/mol. The lowest BCUT2D eigenvalue weighted by Crippen LogP contribution is -2.20. The molecule has 6 nitrogen and oxygen atoms in total. The van der Waals surface area contributed by atoms with Crippen LogP contribution in [0.3, 0.4) is 0 Å². The van der Waals surface area contributed by atoms with Crippen molar-refractivity contribution < 1.29 is 15.0 Å². The molecule has 0 saturated carbocycles. The predicted octanol–water partition coefficient (Wildman–Crippen LogP) is 2.74. The number of hydrazone groups is 1. The van der Waals surface area contributed by atoms with Gasteiger partial charge in [0, 0.05) is 19.3 Å². The summed E-state index contributed by atoms with van der Waals surface area (Å²) in [6.07, 6.45) is 1.53. The van der Waals surface area contributed by atoms with Crippen molar-refractivity contribution in [2.45, 2.75) is 0 Å². The van der Waals surface area contributed by atoms with Crippen molar-refractivity contribution in [1.29, 1.82) is 0 Å². The number of rotatable bonds is 6. The van der Waals surface area contributed by atoms with Crippen LogP contribution < -0.4 is 10.3 Å². The number of phenolic OH excluding ortho intramolecular Hbond substituents is 1. The lowest BCUT2D eigenvalue weighted by molar-refractivity contribution is 0.0952. The molecule has 0 radical (unpaired) electrons. The lowest BCUT2D eigenvalue weighted by Gasteiger charge is -2.17. The molecule has 0 aliphatic rings. The Morgan fingerprint density at radius 1 is 1.11 bits per heavy atom. The van der Waals surface area contributed by atoms with Gasteiger partial charge in [0.1, 0.15) is 5.75 Å². The molecule has 0 unspecified atom stereocenters. The summed E-state index contributed by atoms with van der Waals surface area (Å²) in [4.78, 5) is 14.2. The van der Waals surface area contributed by atoms with E-state index in [1.807, 2.05) is 60.5 Å². The van der Waals surface area contributed by atoms with Gasteiger partial charge >= 0.3 is 0 Å². The van der Waals surface area contributed by atoms with Crippen LogP contribution in [-0.4, -0.2) is 42.5 Å². The maximum atomic E-state index is 12.3. The van der Waals surface area contributed by atoms with E-state index in [4.69, 9.17) is 5.11 Å². The number of nitrogens with one attached hydrogen (secondary N) is 1. The quantitative estimate of drug-likeness (QED) is 0.464. The molecule has 0 atom stereocenters. The van der Waals surface area contributed by atoms with Crippen molar-refractivity contribution in [2.24, 2.45) is 5.10 Å². The summed E-state index contributed by atoms with van der Waals surface area (Å²) < 4.78 is 0. The second kappa shape index (κ2) is 8.33. The van der Waals surface area contributed by atoms with Gasteiger partial charge in [0.25, 0.3) is 5.91 Å². The lowest BCUT2D eigenvalue weighted by atomic mass is 10.1. The maximum Gasteiger partial charge on any atom is 0.275 e. The van der Waals surface area contributed by atoms with Gasteiger partial charge in [-0.3, -0.25) is 4.79 Å². The summed E-state index contributed by atoms with van der Waals surface area (Å²) in [5, 5.41) is 24.7. The van der Waals surface area contributed by atoms with Crippen LogP contribution in [0, 0.1) is 0 Å². The van der Waals surface area contributed by atoms with E-state index in [0.29, 0.717) is 6.54 Å². The second-order valence-electron chi connectivity index (χ2n) is 6.15. The first-order chi connectivity index (χ1) is 13.1. The molecule has 0 aliphatic carbocycles. The normalized spacial score (nSPS) is 11.0. The number of nitrogens with zero attached hydrogens (tertiary/aromatic N) is 2. The third-order valence-corrected chi connectivity index (χ3v) is 4.26. The van der Waals surface area contributed by atoms with Gasteiger partial charge in [-0.25, -0.2) is 5.43 Å². The number of fused-ring (bicyclic) bond motifs is 1. The number of likely N-dealkylation sites (N-methyl/N-ethyl adjacent to an activating group) is 1. The molecule has 0 saturated heterocycles. The van der Waals surface area contributed by atoms with Crippen LogP contribution in [0.2, 0.25) is 0 Å². The van der Waals surface area contributed by atoms with Gasteiger partial charge in [0.15, 0.2) is 0 Å². The van der Waals surface area contributed by atoms with Crippen molar-refractivity contribution in [1.82, 2.24) is 5.43 Å². The topological polar surface area (TPSA) is 85.2 Å². The fraction of sp³-hybridized carbons (Fsp3) is 0.143. The van der Waals surface area contributed by atoms with E-state index in [1.165, 1.54) is 6.21 Å². The van der Waals surface area contributed by atoms with E-state index in [9.17, 15) is 9.90 Å². The number of benzene rings is 3. The van der Waals surface area contributed by atoms with E-state index < -0.39 is 5.91 Å². The summed E-state index contributed by atoms with van der Waals surface area (Å²) in [7, 11) is 1.90. The third kappa shape index (κ3) is 4.43. The summed E-state index contributed by atoms with van der Waals surface area (Å²) in [6, 6.07) is 18.3. The van der Waals surface area contributed by atoms with E-state index >= 15 is 0 Å². The molecule has 3 aromatic carbocycles. The highest BCUT2D eigenvalue weighted by molar-refractivity contribution is 6.01. The summed E-state index contributed by atoms with van der Waals surface area (Å²) in [5.74, 6) is -0.563. The summed E-state index contributed by atoms with van der Waals surface area (Å²) >= 11 is 0. The molecule has 1 amide bonds. The van der Waals surface area contributed by atoms with E-state index in [-0.39, 0.29) is 17.9 Å². The Morgan fingerprint density at radius 3 is 2.44 bits per heavy atom. The Balaban J connectivity index is 1.67. The average Bonchev–Trinajstić information content (AvgIpc) is 2.68. The molecular formula is C21H21N3O3. The van der Waals surface area contributed by atoms with Gasteiger partial charge in [-0.1, -0.05) is 36.4 Å². The number of anilines is 1. The van der Waals surface area contributed by atoms with Gasteiger partial charge < -0.3 is 15.1 Å². The first-order valence-corrected chi connectivity index (χ1v) is 8.55. The van der Waals surface area contributed by atoms with Crippen molar-refractivity contribution in [2.75, 3.05) is 25.1 Å². The van der Waals surface area contributed by atoms with Crippen LogP contribution >= 0.6 is 0 Å². The van der Waals surface area contributed by atoms with Crippen LogP contribution in [0.1, 0.15) is 15.9 Å². The standard InChI is InChI=1S/C21H21N3O3/c1-24(10-11-25)18-8-6-15(7-9-18)14-22-23-21(27)19-12-16-4-2-3-5-17(16)13-20(19)26/h2-9,12-14,25-26H,10-11H2,1H3,(H,23,27)/b22-14+. The van der Waals surface area contributed by atoms with Crippen molar-refractivity contribution in [3.8, 4) is 5.75 Å². The van der Waals surface area contributed by atoms with Gasteiger partial charge in [-0.05, 0) is 40.6 Å². The largest absolute Gasteiger partial charge is 0.507 e. The Kier molecular flexibility index (Phi) is 5.68. The number of aromatic hydroxyl groups is 1. The first-order valence-electron chi connectivity index (χ1n) is 8.55. The van der Waals surface area contributed by atoms with Crippen molar-refractivity contribution in [3.05, 3.63) is 71.8 Å². The smallest absolute Gasteiger partial charge is 0.275 e. The first kappa shape index (κ1) is 18.4. The highest BCUT2D eigenvalue weighted by Crippen LogP contribution is 2.24. The maximum absolute atomic E-state index is 12.3. The number of phenols is 1. The number of hydrogen-bond donors (Lipinski definition) is 3. The van der Waals surface area contributed by atoms with Crippen LogP contribution in [-0.2, 0) is 0 Å². The Morgan fingerprint density at radius 2 is 1.78 bits per heavy atom. The number of hydrogen-bond acceptors (Lipinski definition) is 5. The number of aliphatic hydroxyl groups excluding tert-OH is 1. The number of carbonyl (C=O) groups is 1. The number of carbonyl (C=O) groups excluding carboxylic acids is 1. The zero-order valence-electron chi connectivity index (χ0n) is 15.0. The molecule has 0 aromatic heterocycles. The van der Waals surface area contributed by atoms with Crippen molar-refractivity contribution >= 4 is 28.6 Å². The van der Waals surface area contributed by atoms with Gasteiger partial charge in [0.2, 0.25) is 0 Å². The number of amides is 1. The van der Waals surface area contributed by atoms with Crippen LogP contribution in [0.4, 0.5) is 5.69 Å². The Hall–Kier alpha value is -3.38. The molecule has 138 valence electrons. The molecule has 0 heterocycles.